The van der Waals surface area contributed by atoms with E-state index in [1.807, 2.05) is 12.1 Å². The van der Waals surface area contributed by atoms with Gasteiger partial charge in [0.05, 0.1) is 12.9 Å². The highest BCUT2D eigenvalue weighted by Gasteiger charge is 2.53. The zero-order valence-corrected chi connectivity index (χ0v) is 17.7. The fourth-order valence-electron chi connectivity index (χ4n) is 5.44. The summed E-state index contributed by atoms with van der Waals surface area (Å²) < 4.78 is 23.8. The topological polar surface area (TPSA) is 64.8 Å². The molecule has 164 valence electrons. The van der Waals surface area contributed by atoms with Crippen molar-refractivity contribution in [2.75, 3.05) is 39.5 Å². The summed E-state index contributed by atoms with van der Waals surface area (Å²) in [4.78, 5) is 15.4. The molecule has 1 aliphatic heterocycles. The van der Waals surface area contributed by atoms with Crippen LogP contribution in [0.25, 0.3) is 0 Å². The van der Waals surface area contributed by atoms with Crippen LogP contribution >= 0.6 is 0 Å². The van der Waals surface area contributed by atoms with Crippen molar-refractivity contribution in [2.24, 2.45) is 11.1 Å². The second-order valence-electron chi connectivity index (χ2n) is 9.10. The maximum Gasteiger partial charge on any atom is 0.228 e. The molecule has 5 rings (SSSR count). The van der Waals surface area contributed by atoms with E-state index < -0.39 is 0 Å². The summed E-state index contributed by atoms with van der Waals surface area (Å²) in [6.07, 6.45) is 7.56. The summed E-state index contributed by atoms with van der Waals surface area (Å²) in [6.45, 7) is 3.31. The number of nitrogens with two attached hydrogens (primary N) is 1. The Hall–Kier alpha value is -1.92. The number of ether oxygens (including phenoxy) is 2. The highest BCUT2D eigenvalue weighted by Crippen LogP contribution is 2.58. The Labute approximate surface area is 178 Å². The number of nitrogens with zero attached hydrogens (tertiary/aromatic N) is 1. The molecular weight excluding hydrogens is 383 g/mol. The minimum atomic E-state index is -0.160. The van der Waals surface area contributed by atoms with E-state index in [-0.39, 0.29) is 24.0 Å². The van der Waals surface area contributed by atoms with Crippen LogP contribution in [0.2, 0.25) is 0 Å². The number of carbonyl (C=O) groups excluding carboxylic acids is 1. The van der Waals surface area contributed by atoms with Crippen LogP contribution in [-0.2, 0) is 14.9 Å². The first kappa shape index (κ1) is 21.3. The van der Waals surface area contributed by atoms with Crippen LogP contribution in [0.4, 0.5) is 4.39 Å². The van der Waals surface area contributed by atoms with E-state index in [1.54, 1.807) is 0 Å². The zero-order valence-electron chi connectivity index (χ0n) is 17.7. The van der Waals surface area contributed by atoms with E-state index in [1.165, 1.54) is 5.56 Å². The Morgan fingerprint density at radius 3 is 2.43 bits per heavy atom. The number of halogens is 1. The first-order chi connectivity index (χ1) is 14.6. The van der Waals surface area contributed by atoms with E-state index >= 15 is 0 Å². The van der Waals surface area contributed by atoms with E-state index in [4.69, 9.17) is 15.2 Å². The molecule has 2 N–H and O–H groups in total. The molecule has 4 aliphatic rings. The van der Waals surface area contributed by atoms with Gasteiger partial charge in [0.1, 0.15) is 12.4 Å². The number of hydrogen-bond donors (Lipinski definition) is 1. The van der Waals surface area contributed by atoms with Gasteiger partial charge in [-0.15, -0.1) is 0 Å². The molecule has 1 heterocycles. The molecule has 1 aromatic rings. The lowest BCUT2D eigenvalue weighted by molar-refractivity contribution is -0.149. The van der Waals surface area contributed by atoms with Crippen molar-refractivity contribution in [1.82, 2.24) is 4.90 Å². The van der Waals surface area contributed by atoms with Crippen molar-refractivity contribution in [2.45, 2.75) is 50.4 Å². The van der Waals surface area contributed by atoms with Crippen LogP contribution in [0.1, 0.15) is 50.5 Å². The third-order valence-corrected chi connectivity index (χ3v) is 7.52. The van der Waals surface area contributed by atoms with Crippen LogP contribution < -0.4 is 10.5 Å². The standard InChI is InChI=1S/C24H33FN2O3/c25-16-19(17-26)18-30-21-4-2-20(3-5-21)23-6-9-24(10-7-23,11-8-23)22(28)27-12-1-14-29-15-13-27/h2-5,16H,1,6-15,17-18,26H2/b19-16+. The van der Waals surface area contributed by atoms with Gasteiger partial charge < -0.3 is 20.1 Å². The van der Waals surface area contributed by atoms with E-state index in [9.17, 15) is 9.18 Å². The van der Waals surface area contributed by atoms with Crippen LogP contribution in [0.3, 0.4) is 0 Å². The van der Waals surface area contributed by atoms with Gasteiger partial charge >= 0.3 is 0 Å². The van der Waals surface area contributed by atoms with Gasteiger partial charge in [0.15, 0.2) is 0 Å². The minimum absolute atomic E-state index is 0.155. The van der Waals surface area contributed by atoms with Crippen molar-refractivity contribution in [3.63, 3.8) is 0 Å². The molecule has 1 saturated heterocycles. The monoisotopic (exact) mass is 416 g/mol. The molecule has 1 aromatic carbocycles. The largest absolute Gasteiger partial charge is 0.489 e. The van der Waals surface area contributed by atoms with Gasteiger partial charge in [0.25, 0.3) is 0 Å². The minimum Gasteiger partial charge on any atom is -0.489 e. The van der Waals surface area contributed by atoms with Crippen LogP contribution in [0.15, 0.2) is 36.2 Å². The zero-order chi connectivity index (χ0) is 21.0. The Morgan fingerprint density at radius 2 is 1.80 bits per heavy atom. The molecule has 4 fully saturated rings. The SMILES string of the molecule is NC/C(=C\F)COc1ccc(C23CCC(C(=O)N4CCCOCC4)(CC2)CC3)cc1. The van der Waals surface area contributed by atoms with Crippen molar-refractivity contribution in [3.8, 4) is 5.75 Å². The van der Waals surface area contributed by atoms with Crippen molar-refractivity contribution in [1.29, 1.82) is 0 Å². The molecule has 0 atom stereocenters. The van der Waals surface area contributed by atoms with Crippen molar-refractivity contribution >= 4 is 5.91 Å². The van der Waals surface area contributed by atoms with Gasteiger partial charge in [0.2, 0.25) is 5.91 Å². The summed E-state index contributed by atoms with van der Waals surface area (Å²) in [7, 11) is 0. The molecule has 1 amide bonds. The van der Waals surface area contributed by atoms with Gasteiger partial charge in [0, 0.05) is 37.2 Å². The average Bonchev–Trinajstić information content (AvgIpc) is 3.10. The Balaban J connectivity index is 1.39. The number of amides is 1. The second-order valence-corrected chi connectivity index (χ2v) is 9.10. The fraction of sp³-hybridized carbons (Fsp3) is 0.625. The first-order valence-electron chi connectivity index (χ1n) is 11.2. The van der Waals surface area contributed by atoms with E-state index in [2.05, 4.69) is 17.0 Å². The van der Waals surface area contributed by atoms with Gasteiger partial charge in [-0.05, 0) is 68.1 Å². The molecule has 3 aliphatic carbocycles. The van der Waals surface area contributed by atoms with Crippen molar-refractivity contribution < 1.29 is 18.7 Å². The molecule has 0 radical (unpaired) electrons. The predicted molar refractivity (Wildman–Crippen MR) is 114 cm³/mol. The number of rotatable bonds is 6. The lowest BCUT2D eigenvalue weighted by Crippen LogP contribution is -2.53. The smallest absolute Gasteiger partial charge is 0.228 e. The van der Waals surface area contributed by atoms with Crippen molar-refractivity contribution in [3.05, 3.63) is 41.7 Å². The fourth-order valence-corrected chi connectivity index (χ4v) is 5.44. The Morgan fingerprint density at radius 1 is 1.10 bits per heavy atom. The van der Waals surface area contributed by atoms with E-state index in [0.29, 0.717) is 24.4 Å². The summed E-state index contributed by atoms with van der Waals surface area (Å²) in [5, 5.41) is 0. The number of benzene rings is 1. The Bertz CT molecular complexity index is 745. The molecule has 0 spiro atoms. The van der Waals surface area contributed by atoms with Crippen LogP contribution in [0, 0.1) is 5.41 Å². The molecule has 0 aromatic heterocycles. The summed E-state index contributed by atoms with van der Waals surface area (Å²) in [5.74, 6) is 1.09. The third-order valence-electron chi connectivity index (χ3n) is 7.52. The molecule has 0 unspecified atom stereocenters. The molecular formula is C24H33FN2O3. The normalized spacial score (nSPS) is 29.5. The number of fused-ring (bicyclic) bond motifs is 3. The number of hydrogen-bond acceptors (Lipinski definition) is 4. The van der Waals surface area contributed by atoms with Gasteiger partial charge in [-0.3, -0.25) is 4.79 Å². The maximum atomic E-state index is 13.4. The Kier molecular flexibility index (Phi) is 6.44. The average molecular weight is 417 g/mol. The van der Waals surface area contributed by atoms with Gasteiger partial charge in [-0.1, -0.05) is 12.1 Å². The third kappa shape index (κ3) is 4.12. The molecule has 5 nitrogen and oxygen atoms in total. The van der Waals surface area contributed by atoms with Crippen LogP contribution in [-0.4, -0.2) is 50.3 Å². The molecule has 2 bridgehead atoms. The molecule has 6 heteroatoms. The maximum absolute atomic E-state index is 13.4. The van der Waals surface area contributed by atoms with E-state index in [0.717, 1.165) is 70.4 Å². The second kappa shape index (κ2) is 9.06. The summed E-state index contributed by atoms with van der Waals surface area (Å²) in [5.41, 5.74) is 7.26. The van der Waals surface area contributed by atoms with Crippen LogP contribution in [0.5, 0.6) is 5.75 Å². The summed E-state index contributed by atoms with van der Waals surface area (Å²) in [6, 6.07) is 8.22. The molecule has 3 saturated carbocycles. The lowest BCUT2D eigenvalue weighted by Gasteiger charge is -2.53. The predicted octanol–water partition coefficient (Wildman–Crippen LogP) is 3.72. The highest BCUT2D eigenvalue weighted by molar-refractivity contribution is 5.83. The first-order valence-corrected chi connectivity index (χ1v) is 11.2. The lowest BCUT2D eigenvalue weighted by atomic mass is 9.51. The number of carbonyl (C=O) groups is 1. The van der Waals surface area contributed by atoms with Gasteiger partial charge in [-0.25, -0.2) is 4.39 Å². The summed E-state index contributed by atoms with van der Waals surface area (Å²) >= 11 is 0. The molecule has 30 heavy (non-hydrogen) atoms. The quantitative estimate of drug-likeness (QED) is 0.768. The highest BCUT2D eigenvalue weighted by atomic mass is 19.1. The van der Waals surface area contributed by atoms with Gasteiger partial charge in [-0.2, -0.15) is 0 Å².